The van der Waals surface area contributed by atoms with Gasteiger partial charge in [-0.15, -0.1) is 11.3 Å². The van der Waals surface area contributed by atoms with Gasteiger partial charge in [-0.2, -0.15) is 0 Å². The third-order valence-electron chi connectivity index (χ3n) is 3.48. The molecule has 5 nitrogen and oxygen atoms in total. The number of anilines is 1. The molecule has 0 aliphatic rings. The minimum atomic E-state index is 0.0774. The van der Waals surface area contributed by atoms with Crippen LogP contribution in [-0.2, 0) is 6.54 Å². The van der Waals surface area contributed by atoms with Crippen molar-refractivity contribution in [3.8, 4) is 0 Å². The summed E-state index contributed by atoms with van der Waals surface area (Å²) < 4.78 is 0. The van der Waals surface area contributed by atoms with E-state index in [4.69, 9.17) is 0 Å². The van der Waals surface area contributed by atoms with Crippen LogP contribution in [0, 0.1) is 13.8 Å². The zero-order chi connectivity index (χ0) is 15.5. The molecular formula is C16H18N4OS. The van der Waals surface area contributed by atoms with Gasteiger partial charge in [-0.3, -0.25) is 4.98 Å². The Labute approximate surface area is 133 Å². The molecule has 0 fully saturated rings. The summed E-state index contributed by atoms with van der Waals surface area (Å²) in [5.74, 6) is 1.64. The molecule has 0 aromatic carbocycles. The highest BCUT2D eigenvalue weighted by Gasteiger charge is 2.17. The lowest BCUT2D eigenvalue weighted by atomic mass is 10.2. The van der Waals surface area contributed by atoms with Gasteiger partial charge in [0.15, 0.2) is 0 Å². The van der Waals surface area contributed by atoms with Crippen molar-refractivity contribution in [2.75, 3.05) is 18.1 Å². The molecule has 0 aliphatic heterocycles. The van der Waals surface area contributed by atoms with Crippen molar-refractivity contribution < 1.29 is 5.11 Å². The van der Waals surface area contributed by atoms with E-state index in [2.05, 4.69) is 32.2 Å². The summed E-state index contributed by atoms with van der Waals surface area (Å²) in [6.45, 7) is 5.24. The minimum Gasteiger partial charge on any atom is -0.395 e. The predicted octanol–water partition coefficient (Wildman–Crippen LogP) is 2.70. The number of nitrogens with zero attached hydrogens (tertiary/aromatic N) is 4. The van der Waals surface area contributed by atoms with Crippen LogP contribution >= 0.6 is 11.3 Å². The summed E-state index contributed by atoms with van der Waals surface area (Å²) in [5, 5.41) is 12.6. The molecule has 3 aromatic rings. The molecule has 114 valence electrons. The molecule has 3 aromatic heterocycles. The Bertz CT molecular complexity index is 772. The number of aromatic nitrogens is 3. The molecule has 0 spiro atoms. The van der Waals surface area contributed by atoms with E-state index in [1.807, 2.05) is 25.3 Å². The topological polar surface area (TPSA) is 62.1 Å². The number of thiophene rings is 1. The van der Waals surface area contributed by atoms with E-state index < -0.39 is 0 Å². The van der Waals surface area contributed by atoms with Crippen molar-refractivity contribution in [1.82, 2.24) is 15.0 Å². The second kappa shape index (κ2) is 6.37. The number of hydrogen-bond acceptors (Lipinski definition) is 6. The van der Waals surface area contributed by atoms with E-state index in [9.17, 15) is 5.11 Å². The maximum atomic E-state index is 9.44. The zero-order valence-electron chi connectivity index (χ0n) is 12.7. The summed E-state index contributed by atoms with van der Waals surface area (Å²) >= 11 is 1.63. The Morgan fingerprint density at radius 2 is 2.14 bits per heavy atom. The molecule has 22 heavy (non-hydrogen) atoms. The molecule has 3 heterocycles. The quantitative estimate of drug-likeness (QED) is 0.784. The average molecular weight is 314 g/mol. The molecule has 0 aliphatic carbocycles. The normalized spacial score (nSPS) is 11.0. The lowest BCUT2D eigenvalue weighted by Gasteiger charge is -2.24. The third-order valence-corrected chi connectivity index (χ3v) is 4.47. The van der Waals surface area contributed by atoms with E-state index in [0.717, 1.165) is 27.4 Å². The molecule has 0 unspecified atom stereocenters. The van der Waals surface area contributed by atoms with E-state index in [-0.39, 0.29) is 6.61 Å². The van der Waals surface area contributed by atoms with E-state index in [1.165, 1.54) is 5.56 Å². The van der Waals surface area contributed by atoms with Crippen LogP contribution in [0.1, 0.15) is 17.0 Å². The Kier molecular flexibility index (Phi) is 4.31. The lowest BCUT2D eigenvalue weighted by molar-refractivity contribution is 0.301. The first kappa shape index (κ1) is 14.9. The van der Waals surface area contributed by atoms with Gasteiger partial charge in [0, 0.05) is 25.5 Å². The number of pyridine rings is 1. The monoisotopic (exact) mass is 314 g/mol. The van der Waals surface area contributed by atoms with Crippen LogP contribution in [0.15, 0.2) is 29.9 Å². The fourth-order valence-corrected chi connectivity index (χ4v) is 3.45. The highest BCUT2D eigenvalue weighted by molar-refractivity contribution is 7.17. The summed E-state index contributed by atoms with van der Waals surface area (Å²) in [4.78, 5) is 16.4. The Morgan fingerprint density at radius 3 is 2.86 bits per heavy atom. The Morgan fingerprint density at radius 1 is 1.27 bits per heavy atom. The standard InChI is InChI=1S/C16H18N4OS/c1-11-10-22-16-14(11)15(18-12(2)19-16)20(6-7-21)9-13-4-3-5-17-8-13/h3-5,8,10,21H,6-7,9H2,1-2H3. The first-order chi connectivity index (χ1) is 10.7. The number of aliphatic hydroxyl groups is 1. The summed E-state index contributed by atoms with van der Waals surface area (Å²) in [6.07, 6.45) is 3.60. The van der Waals surface area contributed by atoms with Crippen molar-refractivity contribution in [2.45, 2.75) is 20.4 Å². The largest absolute Gasteiger partial charge is 0.395 e. The molecule has 0 radical (unpaired) electrons. The SMILES string of the molecule is Cc1nc(N(CCO)Cc2cccnc2)c2c(C)csc2n1. The van der Waals surface area contributed by atoms with Gasteiger partial charge in [0.05, 0.1) is 12.0 Å². The van der Waals surface area contributed by atoms with Gasteiger partial charge in [-0.1, -0.05) is 6.07 Å². The number of fused-ring (bicyclic) bond motifs is 1. The Balaban J connectivity index is 2.06. The minimum absolute atomic E-state index is 0.0774. The summed E-state index contributed by atoms with van der Waals surface area (Å²) in [7, 11) is 0. The first-order valence-electron chi connectivity index (χ1n) is 7.16. The molecule has 0 atom stereocenters. The van der Waals surface area contributed by atoms with E-state index in [0.29, 0.717) is 13.1 Å². The van der Waals surface area contributed by atoms with Crippen molar-refractivity contribution >= 4 is 27.4 Å². The molecule has 0 saturated carbocycles. The highest BCUT2D eigenvalue weighted by Crippen LogP contribution is 2.32. The number of aliphatic hydroxyl groups excluding tert-OH is 1. The van der Waals surface area contributed by atoms with Crippen molar-refractivity contribution in [3.05, 3.63) is 46.9 Å². The molecular weight excluding hydrogens is 296 g/mol. The highest BCUT2D eigenvalue weighted by atomic mass is 32.1. The molecule has 0 amide bonds. The van der Waals surface area contributed by atoms with Crippen LogP contribution in [0.4, 0.5) is 5.82 Å². The fraction of sp³-hybridized carbons (Fsp3) is 0.312. The molecule has 6 heteroatoms. The zero-order valence-corrected chi connectivity index (χ0v) is 13.5. The van der Waals surface area contributed by atoms with Gasteiger partial charge >= 0.3 is 0 Å². The summed E-state index contributed by atoms with van der Waals surface area (Å²) in [6, 6.07) is 3.95. The van der Waals surface area contributed by atoms with Crippen LogP contribution in [0.2, 0.25) is 0 Å². The number of hydrogen-bond donors (Lipinski definition) is 1. The average Bonchev–Trinajstić information content (AvgIpc) is 2.88. The van der Waals surface area contributed by atoms with E-state index in [1.54, 1.807) is 17.5 Å². The number of aryl methyl sites for hydroxylation is 2. The van der Waals surface area contributed by atoms with Crippen LogP contribution in [0.25, 0.3) is 10.2 Å². The fourth-order valence-electron chi connectivity index (χ4n) is 2.49. The van der Waals surface area contributed by atoms with Crippen LogP contribution in [0.3, 0.4) is 0 Å². The predicted molar refractivity (Wildman–Crippen MR) is 89.3 cm³/mol. The number of rotatable bonds is 5. The van der Waals surface area contributed by atoms with Gasteiger partial charge in [0.2, 0.25) is 0 Å². The first-order valence-corrected chi connectivity index (χ1v) is 8.04. The maximum Gasteiger partial charge on any atom is 0.141 e. The van der Waals surface area contributed by atoms with Crippen molar-refractivity contribution in [3.63, 3.8) is 0 Å². The molecule has 3 rings (SSSR count). The van der Waals surface area contributed by atoms with Gasteiger partial charge < -0.3 is 10.0 Å². The molecule has 0 bridgehead atoms. The van der Waals surface area contributed by atoms with Crippen LogP contribution < -0.4 is 4.90 Å². The molecule has 1 N–H and O–H groups in total. The second-order valence-electron chi connectivity index (χ2n) is 5.20. The van der Waals surface area contributed by atoms with Crippen LogP contribution in [0.5, 0.6) is 0 Å². The van der Waals surface area contributed by atoms with Crippen LogP contribution in [-0.4, -0.2) is 33.2 Å². The second-order valence-corrected chi connectivity index (χ2v) is 6.06. The smallest absolute Gasteiger partial charge is 0.141 e. The van der Waals surface area contributed by atoms with E-state index >= 15 is 0 Å². The third kappa shape index (κ3) is 2.93. The van der Waals surface area contributed by atoms with Gasteiger partial charge in [0.1, 0.15) is 16.5 Å². The van der Waals surface area contributed by atoms with Gasteiger partial charge in [0.25, 0.3) is 0 Å². The lowest BCUT2D eigenvalue weighted by Crippen LogP contribution is -2.27. The van der Waals surface area contributed by atoms with Crippen molar-refractivity contribution in [1.29, 1.82) is 0 Å². The van der Waals surface area contributed by atoms with Gasteiger partial charge in [-0.05, 0) is 36.4 Å². The van der Waals surface area contributed by atoms with Gasteiger partial charge in [-0.25, -0.2) is 9.97 Å². The summed E-state index contributed by atoms with van der Waals surface area (Å²) in [5.41, 5.74) is 2.26. The van der Waals surface area contributed by atoms with Crippen molar-refractivity contribution in [2.24, 2.45) is 0 Å². The molecule has 0 saturated heterocycles. The Hall–Kier alpha value is -2.05. The maximum absolute atomic E-state index is 9.44.